The second kappa shape index (κ2) is 5.40. The van der Waals surface area contributed by atoms with Crippen molar-refractivity contribution in [1.29, 1.82) is 0 Å². The summed E-state index contributed by atoms with van der Waals surface area (Å²) >= 11 is 0. The van der Waals surface area contributed by atoms with Crippen molar-refractivity contribution in [1.82, 2.24) is 0 Å². The summed E-state index contributed by atoms with van der Waals surface area (Å²) in [7, 11) is 0. The van der Waals surface area contributed by atoms with Gasteiger partial charge in [-0.25, -0.2) is 0 Å². The van der Waals surface area contributed by atoms with Crippen LogP contribution in [-0.2, 0) is 4.79 Å². The molecule has 4 nitrogen and oxygen atoms in total. The molecule has 0 aromatic rings. The van der Waals surface area contributed by atoms with Gasteiger partial charge in [0, 0.05) is 11.3 Å². The number of hydrogen-bond donors (Lipinski definition) is 3. The number of allylic oxidation sites excluding steroid dienone is 1. The standard InChI is InChI=1S/C21H32O4/c1-12(22)15-7-9-21(25)16-5-4-13-10-14(23)6-8-19(13,2)17(16)11-18(24)20(15,21)3/h4,14-18,23-25H,5-11H2,1-3H3/t14-,15+,16+,17+,18-,19-,20-,21-/m0/s1. The highest BCUT2D eigenvalue weighted by atomic mass is 16.3. The van der Waals surface area contributed by atoms with E-state index in [1.54, 1.807) is 6.92 Å². The van der Waals surface area contributed by atoms with Gasteiger partial charge in [-0.15, -0.1) is 0 Å². The highest BCUT2D eigenvalue weighted by Gasteiger charge is 2.70. The number of Topliss-reactive ketones (excluding diaryl/α,β-unsaturated/α-hetero) is 1. The molecule has 0 bridgehead atoms. The minimum atomic E-state index is -0.979. The lowest BCUT2D eigenvalue weighted by Crippen LogP contribution is -2.66. The highest BCUT2D eigenvalue weighted by molar-refractivity contribution is 5.80. The minimum absolute atomic E-state index is 0.0471. The van der Waals surface area contributed by atoms with Gasteiger partial charge in [0.1, 0.15) is 5.78 Å². The number of fused-ring (bicyclic) bond motifs is 5. The summed E-state index contributed by atoms with van der Waals surface area (Å²) < 4.78 is 0. The van der Waals surface area contributed by atoms with Crippen LogP contribution in [0.3, 0.4) is 0 Å². The fourth-order valence-corrected chi connectivity index (χ4v) is 7.24. The lowest BCUT2D eigenvalue weighted by molar-refractivity contribution is -0.224. The molecule has 0 amide bonds. The number of ketones is 1. The Hall–Kier alpha value is -0.710. The highest BCUT2D eigenvalue weighted by Crippen LogP contribution is 2.67. The largest absolute Gasteiger partial charge is 0.393 e. The van der Waals surface area contributed by atoms with E-state index in [0.717, 1.165) is 25.7 Å². The quantitative estimate of drug-likeness (QED) is 0.637. The van der Waals surface area contributed by atoms with Crippen molar-refractivity contribution < 1.29 is 20.1 Å². The van der Waals surface area contributed by atoms with E-state index in [9.17, 15) is 20.1 Å². The smallest absolute Gasteiger partial charge is 0.133 e. The molecule has 140 valence electrons. The summed E-state index contributed by atoms with van der Waals surface area (Å²) in [5.41, 5.74) is -0.454. The van der Waals surface area contributed by atoms with Crippen LogP contribution in [0.25, 0.3) is 0 Å². The summed E-state index contributed by atoms with van der Waals surface area (Å²) in [4.78, 5) is 12.2. The molecule has 25 heavy (non-hydrogen) atoms. The molecule has 3 fully saturated rings. The first kappa shape index (κ1) is 17.7. The van der Waals surface area contributed by atoms with Crippen molar-refractivity contribution in [3.8, 4) is 0 Å². The first-order valence-corrected chi connectivity index (χ1v) is 9.93. The van der Waals surface area contributed by atoms with E-state index in [1.807, 2.05) is 6.92 Å². The van der Waals surface area contributed by atoms with Gasteiger partial charge in [-0.05, 0) is 69.1 Å². The van der Waals surface area contributed by atoms with Crippen LogP contribution < -0.4 is 0 Å². The fraction of sp³-hybridized carbons (Fsp3) is 0.857. The van der Waals surface area contributed by atoms with Gasteiger partial charge in [-0.2, -0.15) is 0 Å². The van der Waals surface area contributed by atoms with Gasteiger partial charge in [0.2, 0.25) is 0 Å². The Labute approximate surface area is 150 Å². The van der Waals surface area contributed by atoms with E-state index >= 15 is 0 Å². The number of hydrogen-bond acceptors (Lipinski definition) is 4. The molecule has 0 aliphatic heterocycles. The molecule has 0 aromatic carbocycles. The Bertz CT molecular complexity index is 627. The van der Waals surface area contributed by atoms with Crippen LogP contribution in [0.15, 0.2) is 11.6 Å². The molecule has 3 N–H and O–H groups in total. The molecular formula is C21H32O4. The van der Waals surface area contributed by atoms with Gasteiger partial charge in [0.15, 0.2) is 0 Å². The van der Waals surface area contributed by atoms with E-state index < -0.39 is 17.1 Å². The van der Waals surface area contributed by atoms with Gasteiger partial charge in [0.25, 0.3) is 0 Å². The van der Waals surface area contributed by atoms with Gasteiger partial charge < -0.3 is 15.3 Å². The molecule has 0 unspecified atom stereocenters. The number of carbonyl (C=O) groups excluding carboxylic acids is 1. The van der Waals surface area contributed by atoms with E-state index in [1.165, 1.54) is 5.57 Å². The molecular weight excluding hydrogens is 316 g/mol. The second-order valence-electron chi connectivity index (χ2n) is 9.65. The van der Waals surface area contributed by atoms with Gasteiger partial charge in [-0.3, -0.25) is 4.79 Å². The molecule has 0 radical (unpaired) electrons. The second-order valence-corrected chi connectivity index (χ2v) is 9.65. The molecule has 0 aromatic heterocycles. The number of aliphatic hydroxyl groups is 3. The molecule has 8 atom stereocenters. The van der Waals surface area contributed by atoms with E-state index in [2.05, 4.69) is 13.0 Å². The zero-order valence-electron chi connectivity index (χ0n) is 15.7. The zero-order valence-corrected chi connectivity index (χ0v) is 15.7. The third-order valence-electron chi connectivity index (χ3n) is 8.85. The lowest BCUT2D eigenvalue weighted by Gasteiger charge is -2.62. The van der Waals surface area contributed by atoms with Crippen molar-refractivity contribution >= 4 is 5.78 Å². The minimum Gasteiger partial charge on any atom is -0.393 e. The molecule has 4 heteroatoms. The SMILES string of the molecule is CC(=O)[C@H]1CC[C@]2(O)[C@@H]3CC=C4C[C@@H](O)CC[C@]4(C)[C@@H]3C[C@H](O)[C@]12C. The summed E-state index contributed by atoms with van der Waals surface area (Å²) in [5, 5.41) is 33.0. The van der Waals surface area contributed by atoms with Crippen LogP contribution in [0.1, 0.15) is 65.7 Å². The Morgan fingerprint density at radius 3 is 2.56 bits per heavy atom. The van der Waals surface area contributed by atoms with E-state index in [0.29, 0.717) is 19.3 Å². The Kier molecular flexibility index (Phi) is 3.82. The van der Waals surface area contributed by atoms with Crippen LogP contribution in [0, 0.1) is 28.6 Å². The normalized spacial score (nSPS) is 55.0. The third-order valence-corrected chi connectivity index (χ3v) is 8.85. The Morgan fingerprint density at radius 2 is 1.88 bits per heavy atom. The van der Waals surface area contributed by atoms with Crippen molar-refractivity contribution in [3.63, 3.8) is 0 Å². The van der Waals surface area contributed by atoms with Crippen LogP contribution in [-0.4, -0.2) is 38.9 Å². The Balaban J connectivity index is 1.77. The predicted octanol–water partition coefficient (Wildman–Crippen LogP) is 2.60. The van der Waals surface area contributed by atoms with E-state index in [-0.39, 0.29) is 35.1 Å². The molecule has 4 rings (SSSR count). The monoisotopic (exact) mass is 348 g/mol. The van der Waals surface area contributed by atoms with Crippen LogP contribution in [0.2, 0.25) is 0 Å². The predicted molar refractivity (Wildman–Crippen MR) is 94.7 cm³/mol. The van der Waals surface area contributed by atoms with Crippen molar-refractivity contribution in [2.75, 3.05) is 0 Å². The Morgan fingerprint density at radius 1 is 1.16 bits per heavy atom. The number of aliphatic hydroxyl groups excluding tert-OH is 2. The first-order valence-electron chi connectivity index (χ1n) is 9.93. The van der Waals surface area contributed by atoms with Crippen LogP contribution in [0.4, 0.5) is 0 Å². The summed E-state index contributed by atoms with van der Waals surface area (Å²) in [6, 6.07) is 0. The van der Waals surface area contributed by atoms with Crippen LogP contribution in [0.5, 0.6) is 0 Å². The summed E-state index contributed by atoms with van der Waals surface area (Å²) in [6.07, 6.45) is 6.49. The maximum absolute atomic E-state index is 12.2. The van der Waals surface area contributed by atoms with E-state index in [4.69, 9.17) is 0 Å². The maximum Gasteiger partial charge on any atom is 0.133 e. The molecule has 0 spiro atoms. The summed E-state index contributed by atoms with van der Waals surface area (Å²) in [5.74, 6) is 0.155. The van der Waals surface area contributed by atoms with Gasteiger partial charge in [0.05, 0.1) is 17.8 Å². The average molecular weight is 348 g/mol. The maximum atomic E-state index is 12.2. The van der Waals surface area contributed by atoms with Crippen LogP contribution >= 0.6 is 0 Å². The fourth-order valence-electron chi connectivity index (χ4n) is 7.24. The number of carbonyl (C=O) groups is 1. The molecule has 3 saturated carbocycles. The van der Waals surface area contributed by atoms with Gasteiger partial charge in [-0.1, -0.05) is 25.5 Å². The molecule has 0 heterocycles. The van der Waals surface area contributed by atoms with Crippen molar-refractivity contribution in [3.05, 3.63) is 11.6 Å². The lowest BCUT2D eigenvalue weighted by atomic mass is 9.45. The summed E-state index contributed by atoms with van der Waals surface area (Å²) in [6.45, 7) is 5.81. The molecule has 4 aliphatic rings. The number of rotatable bonds is 1. The van der Waals surface area contributed by atoms with Crippen molar-refractivity contribution in [2.45, 2.75) is 83.5 Å². The van der Waals surface area contributed by atoms with Gasteiger partial charge >= 0.3 is 0 Å². The average Bonchev–Trinajstić information content (AvgIpc) is 2.83. The third kappa shape index (κ3) is 2.08. The molecule has 4 aliphatic carbocycles. The van der Waals surface area contributed by atoms with Crippen molar-refractivity contribution in [2.24, 2.45) is 28.6 Å². The zero-order chi connectivity index (χ0) is 18.2. The first-order chi connectivity index (χ1) is 11.6. The molecule has 0 saturated heterocycles. The topological polar surface area (TPSA) is 77.8 Å².